The van der Waals surface area contributed by atoms with Crippen LogP contribution in [-0.4, -0.2) is 46.8 Å². The van der Waals surface area contributed by atoms with Crippen LogP contribution >= 0.6 is 11.8 Å². The highest BCUT2D eigenvalue weighted by molar-refractivity contribution is 8.00. The Morgan fingerprint density at radius 3 is 2.21 bits per heavy atom. The van der Waals surface area contributed by atoms with Gasteiger partial charge in [0, 0.05) is 26.2 Å². The Balaban J connectivity index is 1.71. The number of thioether (sulfide) groups is 1. The molecule has 0 saturated carbocycles. The number of carbonyl (C=O) groups excluding carboxylic acids is 1. The molecule has 4 rings (SSSR count). The Morgan fingerprint density at radius 2 is 1.59 bits per heavy atom. The van der Waals surface area contributed by atoms with Gasteiger partial charge in [0.15, 0.2) is 11.0 Å². The van der Waals surface area contributed by atoms with E-state index < -0.39 is 5.25 Å². The lowest BCUT2D eigenvalue weighted by atomic mass is 10.1. The number of hydrogen-bond donors (Lipinski definition) is 0. The van der Waals surface area contributed by atoms with Gasteiger partial charge in [-0.15, -0.1) is 10.2 Å². The number of likely N-dealkylation sites (N-methyl/N-ethyl adjacent to an activating group) is 1. The van der Waals surface area contributed by atoms with Crippen molar-refractivity contribution in [1.29, 1.82) is 0 Å². The standard InChI is InChI=1S/C27H28N4O2S/c1-30(2)26(32)24(21-12-8-5-9-13-21)34-27-29-28-25(22-14-16-23(33-3)17-15-22)31(27)19-18-20-10-6-4-7-11-20/h4-17,24H,18-19H2,1-3H3/t24-/m1/s1. The largest absolute Gasteiger partial charge is 0.497 e. The fraction of sp³-hybridized carbons (Fsp3) is 0.222. The number of amides is 1. The average molecular weight is 473 g/mol. The van der Waals surface area contributed by atoms with Crippen molar-refractivity contribution < 1.29 is 9.53 Å². The van der Waals surface area contributed by atoms with E-state index in [1.165, 1.54) is 17.3 Å². The van der Waals surface area contributed by atoms with Crippen molar-refractivity contribution in [2.45, 2.75) is 23.4 Å². The molecule has 0 saturated heterocycles. The quantitative estimate of drug-likeness (QED) is 0.317. The summed E-state index contributed by atoms with van der Waals surface area (Å²) in [5, 5.41) is 9.36. The molecule has 1 aromatic heterocycles. The van der Waals surface area contributed by atoms with E-state index >= 15 is 0 Å². The predicted octanol–water partition coefficient (Wildman–Crippen LogP) is 5.12. The first-order chi connectivity index (χ1) is 16.6. The number of aryl methyl sites for hydroxylation is 1. The van der Waals surface area contributed by atoms with Crippen LogP contribution in [0.15, 0.2) is 90.1 Å². The summed E-state index contributed by atoms with van der Waals surface area (Å²) in [5.41, 5.74) is 3.12. The minimum Gasteiger partial charge on any atom is -0.497 e. The molecule has 1 heterocycles. The third-order valence-corrected chi connectivity index (χ3v) is 6.74. The van der Waals surface area contributed by atoms with E-state index in [4.69, 9.17) is 4.74 Å². The molecular formula is C27H28N4O2S. The molecule has 0 aliphatic heterocycles. The summed E-state index contributed by atoms with van der Waals surface area (Å²) in [6.07, 6.45) is 0.827. The van der Waals surface area contributed by atoms with Crippen LogP contribution in [0.1, 0.15) is 16.4 Å². The second-order valence-electron chi connectivity index (χ2n) is 8.06. The molecular weight excluding hydrogens is 444 g/mol. The normalized spacial score (nSPS) is 11.7. The lowest BCUT2D eigenvalue weighted by Crippen LogP contribution is -2.27. The molecule has 1 atom stereocenters. The Bertz CT molecular complexity index is 1210. The monoisotopic (exact) mass is 472 g/mol. The molecule has 0 spiro atoms. The van der Waals surface area contributed by atoms with Gasteiger partial charge in [-0.1, -0.05) is 72.4 Å². The smallest absolute Gasteiger partial charge is 0.240 e. The van der Waals surface area contributed by atoms with Crippen LogP contribution < -0.4 is 4.74 Å². The number of aromatic nitrogens is 3. The summed E-state index contributed by atoms with van der Waals surface area (Å²) in [4.78, 5) is 14.7. The topological polar surface area (TPSA) is 60.3 Å². The zero-order valence-electron chi connectivity index (χ0n) is 19.6. The van der Waals surface area contributed by atoms with E-state index in [9.17, 15) is 4.79 Å². The first-order valence-electron chi connectivity index (χ1n) is 11.1. The van der Waals surface area contributed by atoms with Gasteiger partial charge in [0.05, 0.1) is 7.11 Å². The van der Waals surface area contributed by atoms with Crippen molar-refractivity contribution in [2.24, 2.45) is 0 Å². The summed E-state index contributed by atoms with van der Waals surface area (Å²) in [7, 11) is 5.21. The lowest BCUT2D eigenvalue weighted by Gasteiger charge is -2.20. The van der Waals surface area contributed by atoms with Gasteiger partial charge in [-0.2, -0.15) is 0 Å². The zero-order chi connectivity index (χ0) is 23.9. The van der Waals surface area contributed by atoms with Gasteiger partial charge >= 0.3 is 0 Å². The Labute approximate surface area is 204 Å². The van der Waals surface area contributed by atoms with E-state index in [1.54, 1.807) is 26.1 Å². The molecule has 0 aliphatic rings. The molecule has 6 nitrogen and oxygen atoms in total. The minimum atomic E-state index is -0.417. The highest BCUT2D eigenvalue weighted by Crippen LogP contribution is 2.37. The number of methoxy groups -OCH3 is 1. The van der Waals surface area contributed by atoms with Crippen LogP contribution in [0.25, 0.3) is 11.4 Å². The molecule has 3 aromatic carbocycles. The first kappa shape index (κ1) is 23.6. The molecule has 0 N–H and O–H groups in total. The van der Waals surface area contributed by atoms with E-state index in [1.807, 2.05) is 72.8 Å². The molecule has 34 heavy (non-hydrogen) atoms. The highest BCUT2D eigenvalue weighted by atomic mass is 32.2. The van der Waals surface area contributed by atoms with Gasteiger partial charge in [-0.3, -0.25) is 4.79 Å². The van der Waals surface area contributed by atoms with Crippen molar-refractivity contribution in [3.05, 3.63) is 96.1 Å². The Hall–Kier alpha value is -3.58. The minimum absolute atomic E-state index is 0.0137. The Morgan fingerprint density at radius 1 is 0.941 bits per heavy atom. The van der Waals surface area contributed by atoms with Crippen LogP contribution in [0.4, 0.5) is 0 Å². The molecule has 0 fully saturated rings. The van der Waals surface area contributed by atoms with Gasteiger partial charge in [-0.05, 0) is 41.8 Å². The molecule has 0 bridgehead atoms. The molecule has 174 valence electrons. The summed E-state index contributed by atoms with van der Waals surface area (Å²) >= 11 is 1.44. The van der Waals surface area contributed by atoms with Crippen molar-refractivity contribution in [3.63, 3.8) is 0 Å². The third kappa shape index (κ3) is 5.48. The fourth-order valence-electron chi connectivity index (χ4n) is 3.65. The van der Waals surface area contributed by atoms with Crippen LogP contribution in [-0.2, 0) is 17.8 Å². The maximum absolute atomic E-state index is 13.1. The highest BCUT2D eigenvalue weighted by Gasteiger charge is 2.27. The number of carbonyl (C=O) groups is 1. The van der Waals surface area contributed by atoms with Gasteiger partial charge in [-0.25, -0.2) is 0 Å². The molecule has 1 amide bonds. The molecule has 0 radical (unpaired) electrons. The molecule has 4 aromatic rings. The van der Waals surface area contributed by atoms with Gasteiger partial charge < -0.3 is 14.2 Å². The van der Waals surface area contributed by atoms with Crippen molar-refractivity contribution in [1.82, 2.24) is 19.7 Å². The SMILES string of the molecule is COc1ccc(-c2nnc(S[C@@H](C(=O)N(C)C)c3ccccc3)n2CCc2ccccc2)cc1. The number of hydrogen-bond acceptors (Lipinski definition) is 5. The second-order valence-corrected chi connectivity index (χ2v) is 9.14. The first-order valence-corrected chi connectivity index (χ1v) is 12.0. The van der Waals surface area contributed by atoms with Crippen molar-refractivity contribution >= 4 is 17.7 Å². The fourth-order valence-corrected chi connectivity index (χ4v) is 4.85. The van der Waals surface area contributed by atoms with Gasteiger partial charge in [0.25, 0.3) is 0 Å². The predicted molar refractivity (Wildman–Crippen MR) is 136 cm³/mol. The maximum atomic E-state index is 13.1. The molecule has 0 aliphatic carbocycles. The maximum Gasteiger partial charge on any atom is 0.240 e. The second kappa shape index (κ2) is 11.0. The van der Waals surface area contributed by atoms with E-state index in [0.29, 0.717) is 11.7 Å². The summed E-state index contributed by atoms with van der Waals surface area (Å²) in [5.74, 6) is 1.57. The summed E-state index contributed by atoms with van der Waals surface area (Å²) < 4.78 is 7.42. The number of nitrogens with zero attached hydrogens (tertiary/aromatic N) is 4. The van der Waals surface area contributed by atoms with Gasteiger partial charge in [0.1, 0.15) is 11.0 Å². The molecule has 7 heteroatoms. The van der Waals surface area contributed by atoms with Crippen LogP contribution in [0.5, 0.6) is 5.75 Å². The summed E-state index contributed by atoms with van der Waals surface area (Å²) in [6, 6.07) is 28.0. The number of ether oxygens (including phenoxy) is 1. The lowest BCUT2D eigenvalue weighted by molar-refractivity contribution is -0.128. The molecule has 0 unspecified atom stereocenters. The average Bonchev–Trinajstić information content (AvgIpc) is 3.29. The van der Waals surface area contributed by atoms with E-state index in [-0.39, 0.29) is 5.91 Å². The van der Waals surface area contributed by atoms with Crippen molar-refractivity contribution in [3.8, 4) is 17.1 Å². The van der Waals surface area contributed by atoms with Crippen molar-refractivity contribution in [2.75, 3.05) is 21.2 Å². The van der Waals surface area contributed by atoms with Gasteiger partial charge in [0.2, 0.25) is 5.91 Å². The van der Waals surface area contributed by atoms with Crippen LogP contribution in [0, 0.1) is 0 Å². The third-order valence-electron chi connectivity index (χ3n) is 5.52. The van der Waals surface area contributed by atoms with E-state index in [2.05, 4.69) is 26.9 Å². The zero-order valence-corrected chi connectivity index (χ0v) is 20.4. The van der Waals surface area contributed by atoms with E-state index in [0.717, 1.165) is 29.1 Å². The number of benzene rings is 3. The Kier molecular flexibility index (Phi) is 7.65. The number of rotatable bonds is 9. The van der Waals surface area contributed by atoms with Crippen LogP contribution in [0.3, 0.4) is 0 Å². The van der Waals surface area contributed by atoms with Crippen LogP contribution in [0.2, 0.25) is 0 Å². The summed E-state index contributed by atoms with van der Waals surface area (Å²) in [6.45, 7) is 0.693.